The van der Waals surface area contributed by atoms with Crippen molar-refractivity contribution in [3.63, 3.8) is 0 Å². The van der Waals surface area contributed by atoms with Gasteiger partial charge in [0.15, 0.2) is 0 Å². The predicted molar refractivity (Wildman–Crippen MR) is 89.3 cm³/mol. The molecule has 0 aromatic heterocycles. The van der Waals surface area contributed by atoms with Crippen molar-refractivity contribution in [1.29, 1.82) is 0 Å². The molecule has 0 fully saturated rings. The van der Waals surface area contributed by atoms with Crippen LogP contribution in [-0.4, -0.2) is 26.2 Å². The summed E-state index contributed by atoms with van der Waals surface area (Å²) in [6.45, 7) is 3.73. The zero-order valence-electron chi connectivity index (χ0n) is 12.8. The molecule has 2 aromatic carbocycles. The molecule has 0 heterocycles. The Kier molecular flexibility index (Phi) is 7.29. The maximum atomic E-state index is 5.74. The minimum atomic E-state index is 0.577. The first-order valence-corrected chi connectivity index (χ1v) is 7.69. The van der Waals surface area contributed by atoms with Crippen molar-refractivity contribution in [3.05, 3.63) is 60.2 Å². The minimum Gasteiger partial charge on any atom is -0.494 e. The van der Waals surface area contributed by atoms with Gasteiger partial charge in [-0.15, -0.1) is 0 Å². The second-order valence-corrected chi connectivity index (χ2v) is 4.99. The van der Waals surface area contributed by atoms with Gasteiger partial charge in [-0.2, -0.15) is 0 Å². The van der Waals surface area contributed by atoms with Crippen molar-refractivity contribution in [2.45, 2.75) is 13.0 Å². The second-order valence-electron chi connectivity index (χ2n) is 4.99. The van der Waals surface area contributed by atoms with E-state index in [9.17, 15) is 0 Å². The van der Waals surface area contributed by atoms with Crippen molar-refractivity contribution in [3.8, 4) is 11.5 Å². The number of benzene rings is 2. The lowest BCUT2D eigenvalue weighted by Gasteiger charge is -2.09. The highest BCUT2D eigenvalue weighted by Crippen LogP contribution is 2.18. The molecule has 0 atom stereocenters. The van der Waals surface area contributed by atoms with Gasteiger partial charge in [-0.3, -0.25) is 0 Å². The second kappa shape index (κ2) is 9.82. The summed E-state index contributed by atoms with van der Waals surface area (Å²) in [5, 5.41) is 3.24. The van der Waals surface area contributed by atoms with E-state index in [0.29, 0.717) is 19.8 Å². The monoisotopic (exact) mass is 300 g/mol. The van der Waals surface area contributed by atoms with Gasteiger partial charge in [0.25, 0.3) is 0 Å². The molecule has 0 saturated carbocycles. The van der Waals surface area contributed by atoms with Gasteiger partial charge in [-0.25, -0.2) is 0 Å². The van der Waals surface area contributed by atoms with Crippen LogP contribution in [0.1, 0.15) is 12.0 Å². The molecular formula is C18H24N2O2. The van der Waals surface area contributed by atoms with Crippen molar-refractivity contribution >= 4 is 0 Å². The zero-order chi connectivity index (χ0) is 15.5. The van der Waals surface area contributed by atoms with Crippen LogP contribution >= 0.6 is 0 Å². The fourth-order valence-corrected chi connectivity index (χ4v) is 1.99. The molecule has 0 aliphatic carbocycles. The van der Waals surface area contributed by atoms with Gasteiger partial charge in [0.1, 0.15) is 18.1 Å². The van der Waals surface area contributed by atoms with E-state index in [0.717, 1.165) is 36.6 Å². The lowest BCUT2D eigenvalue weighted by atomic mass is 10.2. The van der Waals surface area contributed by atoms with Gasteiger partial charge in [-0.05, 0) is 42.8 Å². The highest BCUT2D eigenvalue weighted by Gasteiger charge is 1.98. The molecule has 0 bridgehead atoms. The Morgan fingerprint density at radius 3 is 2.18 bits per heavy atom. The van der Waals surface area contributed by atoms with Gasteiger partial charge < -0.3 is 20.5 Å². The minimum absolute atomic E-state index is 0.577. The van der Waals surface area contributed by atoms with Crippen LogP contribution in [0.2, 0.25) is 0 Å². The topological polar surface area (TPSA) is 56.5 Å². The van der Waals surface area contributed by atoms with Crippen LogP contribution in [0.25, 0.3) is 0 Å². The SMILES string of the molecule is NCCNCCCOc1ccc(OCc2ccccc2)cc1. The average molecular weight is 300 g/mol. The first-order valence-electron chi connectivity index (χ1n) is 7.69. The summed E-state index contributed by atoms with van der Waals surface area (Å²) in [6, 6.07) is 17.9. The molecule has 118 valence electrons. The number of nitrogens with one attached hydrogen (secondary N) is 1. The van der Waals surface area contributed by atoms with Crippen LogP contribution < -0.4 is 20.5 Å². The van der Waals surface area contributed by atoms with Crippen molar-refractivity contribution < 1.29 is 9.47 Å². The van der Waals surface area contributed by atoms with E-state index in [1.807, 2.05) is 42.5 Å². The molecule has 0 spiro atoms. The van der Waals surface area contributed by atoms with Crippen molar-refractivity contribution in [1.82, 2.24) is 5.32 Å². The van der Waals surface area contributed by atoms with Crippen LogP contribution in [0.3, 0.4) is 0 Å². The lowest BCUT2D eigenvalue weighted by molar-refractivity contribution is 0.298. The Morgan fingerprint density at radius 1 is 0.818 bits per heavy atom. The molecule has 0 radical (unpaired) electrons. The highest BCUT2D eigenvalue weighted by atomic mass is 16.5. The van der Waals surface area contributed by atoms with Crippen molar-refractivity contribution in [2.75, 3.05) is 26.2 Å². The Balaban J connectivity index is 1.67. The van der Waals surface area contributed by atoms with Crippen LogP contribution in [-0.2, 0) is 6.61 Å². The Labute approximate surface area is 132 Å². The lowest BCUT2D eigenvalue weighted by Crippen LogP contribution is -2.24. The fraction of sp³-hybridized carbons (Fsp3) is 0.333. The van der Waals surface area contributed by atoms with E-state index < -0.39 is 0 Å². The predicted octanol–water partition coefficient (Wildman–Crippen LogP) is 2.58. The molecule has 3 N–H and O–H groups in total. The Bertz CT molecular complexity index is 514. The number of hydrogen-bond donors (Lipinski definition) is 2. The third-order valence-electron chi connectivity index (χ3n) is 3.16. The van der Waals surface area contributed by atoms with E-state index in [1.54, 1.807) is 0 Å². The third kappa shape index (κ3) is 6.16. The normalized spacial score (nSPS) is 10.4. The molecule has 4 heteroatoms. The maximum absolute atomic E-state index is 5.74. The van der Waals surface area contributed by atoms with Crippen LogP contribution in [0.15, 0.2) is 54.6 Å². The molecule has 0 amide bonds. The highest BCUT2D eigenvalue weighted by molar-refractivity contribution is 5.31. The van der Waals surface area contributed by atoms with E-state index in [4.69, 9.17) is 15.2 Å². The van der Waals surface area contributed by atoms with E-state index >= 15 is 0 Å². The smallest absolute Gasteiger partial charge is 0.120 e. The molecule has 0 aliphatic heterocycles. The quantitative estimate of drug-likeness (QED) is 0.662. The number of nitrogens with two attached hydrogens (primary N) is 1. The molecule has 0 aliphatic rings. The van der Waals surface area contributed by atoms with Crippen LogP contribution in [0.4, 0.5) is 0 Å². The number of hydrogen-bond acceptors (Lipinski definition) is 4. The zero-order valence-corrected chi connectivity index (χ0v) is 12.8. The van der Waals surface area contributed by atoms with Gasteiger partial charge in [0, 0.05) is 13.1 Å². The van der Waals surface area contributed by atoms with Gasteiger partial charge in [0.2, 0.25) is 0 Å². The summed E-state index contributed by atoms with van der Waals surface area (Å²) in [6.07, 6.45) is 0.965. The summed E-state index contributed by atoms with van der Waals surface area (Å²) in [5.41, 5.74) is 6.56. The first-order chi connectivity index (χ1) is 10.9. The van der Waals surface area contributed by atoms with Gasteiger partial charge in [0.05, 0.1) is 6.61 Å². The summed E-state index contributed by atoms with van der Waals surface area (Å²) < 4.78 is 11.4. The van der Waals surface area contributed by atoms with Crippen molar-refractivity contribution in [2.24, 2.45) is 5.73 Å². The summed E-state index contributed by atoms with van der Waals surface area (Å²) in [7, 11) is 0. The standard InChI is InChI=1S/C18H24N2O2/c19-11-13-20-12-4-14-21-17-7-9-18(10-8-17)22-15-16-5-2-1-3-6-16/h1-3,5-10,20H,4,11-15,19H2. The largest absolute Gasteiger partial charge is 0.494 e. The molecule has 4 nitrogen and oxygen atoms in total. The van der Waals surface area contributed by atoms with Crippen LogP contribution in [0.5, 0.6) is 11.5 Å². The average Bonchev–Trinajstić information content (AvgIpc) is 2.58. The fourth-order valence-electron chi connectivity index (χ4n) is 1.99. The Morgan fingerprint density at radius 2 is 1.50 bits per heavy atom. The summed E-state index contributed by atoms with van der Waals surface area (Å²) >= 11 is 0. The maximum Gasteiger partial charge on any atom is 0.120 e. The van der Waals surface area contributed by atoms with E-state index in [2.05, 4.69) is 17.4 Å². The number of ether oxygens (including phenoxy) is 2. The van der Waals surface area contributed by atoms with Gasteiger partial charge >= 0.3 is 0 Å². The summed E-state index contributed by atoms with van der Waals surface area (Å²) in [4.78, 5) is 0. The molecular weight excluding hydrogens is 276 g/mol. The van der Waals surface area contributed by atoms with Crippen LogP contribution in [0, 0.1) is 0 Å². The molecule has 22 heavy (non-hydrogen) atoms. The van der Waals surface area contributed by atoms with E-state index in [-0.39, 0.29) is 0 Å². The summed E-state index contributed by atoms with van der Waals surface area (Å²) in [5.74, 6) is 1.71. The Hall–Kier alpha value is -2.04. The molecule has 2 aromatic rings. The number of rotatable bonds is 10. The molecule has 0 saturated heterocycles. The van der Waals surface area contributed by atoms with Gasteiger partial charge in [-0.1, -0.05) is 30.3 Å². The van der Waals surface area contributed by atoms with E-state index in [1.165, 1.54) is 0 Å². The first kappa shape index (κ1) is 16.3. The molecule has 0 unspecified atom stereocenters. The molecule has 2 rings (SSSR count). The third-order valence-corrected chi connectivity index (χ3v) is 3.16.